The molecular formula is C18H16N2O2. The fraction of sp³-hybridized carbons (Fsp3) is 0.111. The molecule has 0 fully saturated rings. The minimum Gasteiger partial charge on any atom is -0.338 e. The van der Waals surface area contributed by atoms with Gasteiger partial charge in [-0.25, -0.2) is 0 Å². The Morgan fingerprint density at radius 2 is 1.55 bits per heavy atom. The lowest BCUT2D eigenvalue weighted by Gasteiger charge is -2.05. The van der Waals surface area contributed by atoms with Crippen LogP contribution < -0.4 is 5.32 Å². The van der Waals surface area contributed by atoms with Gasteiger partial charge in [0.25, 0.3) is 5.91 Å². The summed E-state index contributed by atoms with van der Waals surface area (Å²) in [6.45, 7) is 4.01. The van der Waals surface area contributed by atoms with Crippen molar-refractivity contribution in [3.05, 3.63) is 71.4 Å². The monoisotopic (exact) mass is 292 g/mol. The van der Waals surface area contributed by atoms with Crippen LogP contribution in [-0.2, 0) is 0 Å². The zero-order chi connectivity index (χ0) is 15.5. The maximum atomic E-state index is 12.3. The summed E-state index contributed by atoms with van der Waals surface area (Å²) >= 11 is 0. The average molecular weight is 292 g/mol. The maximum absolute atomic E-state index is 12.3. The molecule has 0 aliphatic rings. The van der Waals surface area contributed by atoms with Crippen molar-refractivity contribution < 1.29 is 9.32 Å². The van der Waals surface area contributed by atoms with Gasteiger partial charge in [-0.05, 0) is 31.5 Å². The van der Waals surface area contributed by atoms with E-state index in [4.69, 9.17) is 4.52 Å². The van der Waals surface area contributed by atoms with E-state index in [0.29, 0.717) is 11.4 Å². The molecule has 0 spiro atoms. The number of nitrogens with zero attached hydrogens (tertiary/aromatic N) is 1. The van der Waals surface area contributed by atoms with Crippen LogP contribution in [0.1, 0.15) is 21.5 Å². The number of aromatic nitrogens is 1. The largest absolute Gasteiger partial charge is 0.338 e. The first-order valence-corrected chi connectivity index (χ1v) is 7.03. The molecule has 1 aromatic heterocycles. The summed E-state index contributed by atoms with van der Waals surface area (Å²) in [5.41, 5.74) is 4.57. The molecule has 0 aliphatic heterocycles. The van der Waals surface area contributed by atoms with Gasteiger partial charge in [0.1, 0.15) is 0 Å². The van der Waals surface area contributed by atoms with E-state index in [1.165, 1.54) is 5.56 Å². The number of carbonyl (C=O) groups excluding carboxylic acids is 1. The van der Waals surface area contributed by atoms with E-state index in [2.05, 4.69) is 10.5 Å². The number of carbonyl (C=O) groups is 1. The Morgan fingerprint density at radius 1 is 0.955 bits per heavy atom. The summed E-state index contributed by atoms with van der Waals surface area (Å²) in [6.07, 6.45) is 1.61. The topological polar surface area (TPSA) is 55.1 Å². The van der Waals surface area contributed by atoms with Crippen molar-refractivity contribution in [1.29, 1.82) is 0 Å². The molecule has 22 heavy (non-hydrogen) atoms. The van der Waals surface area contributed by atoms with Gasteiger partial charge in [0, 0.05) is 5.56 Å². The van der Waals surface area contributed by atoms with Crippen LogP contribution in [0.4, 0.5) is 5.88 Å². The lowest BCUT2D eigenvalue weighted by atomic mass is 10.1. The molecule has 0 aliphatic carbocycles. The summed E-state index contributed by atoms with van der Waals surface area (Å²) in [5, 5.41) is 6.56. The van der Waals surface area contributed by atoms with Crippen LogP contribution in [0.2, 0.25) is 0 Å². The quantitative estimate of drug-likeness (QED) is 0.786. The number of nitrogens with one attached hydrogen (secondary N) is 1. The highest BCUT2D eigenvalue weighted by Crippen LogP contribution is 2.28. The summed E-state index contributed by atoms with van der Waals surface area (Å²) in [7, 11) is 0. The predicted octanol–water partition coefficient (Wildman–Crippen LogP) is 4.21. The number of amides is 1. The molecule has 4 nitrogen and oxygen atoms in total. The third-order valence-corrected chi connectivity index (χ3v) is 3.47. The van der Waals surface area contributed by atoms with Gasteiger partial charge >= 0.3 is 0 Å². The summed E-state index contributed by atoms with van der Waals surface area (Å²) < 4.78 is 5.18. The van der Waals surface area contributed by atoms with Crippen LogP contribution in [0.5, 0.6) is 0 Å². The van der Waals surface area contributed by atoms with Crippen molar-refractivity contribution in [1.82, 2.24) is 5.16 Å². The van der Waals surface area contributed by atoms with Gasteiger partial charge in [0.2, 0.25) is 5.88 Å². The lowest BCUT2D eigenvalue weighted by molar-refractivity contribution is 0.102. The average Bonchev–Trinajstić information content (AvgIpc) is 2.97. The van der Waals surface area contributed by atoms with Crippen molar-refractivity contribution >= 4 is 11.8 Å². The van der Waals surface area contributed by atoms with E-state index >= 15 is 0 Å². The molecule has 4 heteroatoms. The molecular weight excluding hydrogens is 276 g/mol. The summed E-state index contributed by atoms with van der Waals surface area (Å²) in [4.78, 5) is 12.3. The molecule has 0 bridgehead atoms. The van der Waals surface area contributed by atoms with Crippen LogP contribution in [0, 0.1) is 13.8 Å². The van der Waals surface area contributed by atoms with E-state index in [-0.39, 0.29) is 5.91 Å². The van der Waals surface area contributed by atoms with Crippen molar-refractivity contribution in [3.8, 4) is 11.1 Å². The Morgan fingerprint density at radius 3 is 2.18 bits per heavy atom. The van der Waals surface area contributed by atoms with Crippen molar-refractivity contribution in [3.63, 3.8) is 0 Å². The van der Waals surface area contributed by atoms with Crippen LogP contribution in [0.15, 0.2) is 59.3 Å². The highest BCUT2D eigenvalue weighted by atomic mass is 16.5. The summed E-state index contributed by atoms with van der Waals surface area (Å²) in [5.74, 6) is 0.138. The Balaban J connectivity index is 1.84. The number of hydrogen-bond donors (Lipinski definition) is 1. The second-order valence-electron chi connectivity index (χ2n) is 5.25. The minimum absolute atomic E-state index is 0.217. The molecule has 1 N–H and O–H groups in total. The van der Waals surface area contributed by atoms with Crippen LogP contribution in [0.25, 0.3) is 11.1 Å². The van der Waals surface area contributed by atoms with Crippen molar-refractivity contribution in [2.24, 2.45) is 0 Å². The number of rotatable bonds is 3. The second-order valence-corrected chi connectivity index (χ2v) is 5.25. The summed E-state index contributed by atoms with van der Waals surface area (Å²) in [6, 6.07) is 15.3. The van der Waals surface area contributed by atoms with Crippen LogP contribution >= 0.6 is 0 Å². The van der Waals surface area contributed by atoms with Crippen molar-refractivity contribution in [2.75, 3.05) is 5.32 Å². The Bertz CT molecular complexity index is 787. The molecule has 2 aromatic carbocycles. The van der Waals surface area contributed by atoms with Gasteiger partial charge < -0.3 is 4.52 Å². The molecule has 0 radical (unpaired) electrons. The van der Waals surface area contributed by atoms with E-state index in [9.17, 15) is 4.79 Å². The fourth-order valence-electron chi connectivity index (χ4n) is 2.15. The zero-order valence-electron chi connectivity index (χ0n) is 12.5. The van der Waals surface area contributed by atoms with E-state index < -0.39 is 0 Å². The van der Waals surface area contributed by atoms with Crippen LogP contribution in [-0.4, -0.2) is 11.1 Å². The van der Waals surface area contributed by atoms with E-state index in [1.807, 2.05) is 50.2 Å². The Labute approximate surface area is 128 Å². The lowest BCUT2D eigenvalue weighted by Crippen LogP contribution is -2.11. The number of anilines is 1. The SMILES string of the molecule is Cc1ccc(C(=O)Nc2oncc2-c2ccc(C)cc2)cc1. The van der Waals surface area contributed by atoms with Gasteiger partial charge in [-0.3, -0.25) is 10.1 Å². The van der Waals surface area contributed by atoms with Crippen LogP contribution in [0.3, 0.4) is 0 Å². The molecule has 1 heterocycles. The fourth-order valence-corrected chi connectivity index (χ4v) is 2.15. The molecule has 0 atom stereocenters. The standard InChI is InChI=1S/C18H16N2O2/c1-12-3-7-14(8-4-12)16-11-19-22-18(16)20-17(21)15-9-5-13(2)6-10-15/h3-11H,1-2H3,(H,20,21). The van der Waals surface area contributed by atoms with Crippen molar-refractivity contribution in [2.45, 2.75) is 13.8 Å². The van der Waals surface area contributed by atoms with Gasteiger partial charge in [-0.15, -0.1) is 0 Å². The first kappa shape index (κ1) is 14.1. The van der Waals surface area contributed by atoms with Gasteiger partial charge in [-0.1, -0.05) is 52.7 Å². The van der Waals surface area contributed by atoms with Gasteiger partial charge in [-0.2, -0.15) is 0 Å². The van der Waals surface area contributed by atoms with Gasteiger partial charge in [0.15, 0.2) is 0 Å². The minimum atomic E-state index is -0.217. The molecule has 3 aromatic rings. The molecule has 0 unspecified atom stereocenters. The third kappa shape index (κ3) is 2.91. The molecule has 110 valence electrons. The second kappa shape index (κ2) is 5.85. The highest BCUT2D eigenvalue weighted by molar-refractivity contribution is 6.05. The number of hydrogen-bond acceptors (Lipinski definition) is 3. The third-order valence-electron chi connectivity index (χ3n) is 3.47. The molecule has 0 saturated heterocycles. The first-order chi connectivity index (χ1) is 10.6. The van der Waals surface area contributed by atoms with E-state index in [1.54, 1.807) is 18.3 Å². The molecule has 0 saturated carbocycles. The predicted molar refractivity (Wildman–Crippen MR) is 85.8 cm³/mol. The zero-order valence-corrected chi connectivity index (χ0v) is 12.5. The highest BCUT2D eigenvalue weighted by Gasteiger charge is 2.14. The number of benzene rings is 2. The first-order valence-electron chi connectivity index (χ1n) is 7.03. The van der Waals surface area contributed by atoms with Gasteiger partial charge in [0.05, 0.1) is 11.8 Å². The normalized spacial score (nSPS) is 10.5. The Kier molecular flexibility index (Phi) is 3.74. The smallest absolute Gasteiger partial charge is 0.258 e. The number of aryl methyl sites for hydroxylation is 2. The molecule has 3 rings (SSSR count). The maximum Gasteiger partial charge on any atom is 0.258 e. The Hall–Kier alpha value is -2.88. The molecule has 1 amide bonds. The van der Waals surface area contributed by atoms with E-state index in [0.717, 1.165) is 16.7 Å².